The monoisotopic (exact) mass is 193 g/mol. The van der Waals surface area contributed by atoms with E-state index in [0.717, 1.165) is 5.82 Å². The maximum atomic E-state index is 11.3. The first-order valence-corrected chi connectivity index (χ1v) is 4.31. The summed E-state index contributed by atoms with van der Waals surface area (Å²) in [4.78, 5) is 17.0. The molecule has 14 heavy (non-hydrogen) atoms. The molecule has 1 aliphatic heterocycles. The van der Waals surface area contributed by atoms with Crippen LogP contribution in [0.5, 0.6) is 0 Å². The Morgan fingerprint density at radius 2 is 2.36 bits per heavy atom. The van der Waals surface area contributed by atoms with Crippen LogP contribution in [0.25, 0.3) is 0 Å². The van der Waals surface area contributed by atoms with Crippen LogP contribution in [0.2, 0.25) is 0 Å². The first kappa shape index (κ1) is 8.74. The van der Waals surface area contributed by atoms with E-state index in [1.165, 1.54) is 6.08 Å². The van der Waals surface area contributed by atoms with Crippen LogP contribution < -0.4 is 5.73 Å². The van der Waals surface area contributed by atoms with Gasteiger partial charge in [0.1, 0.15) is 5.82 Å². The number of anilines is 1. The Hall–Kier alpha value is -1.85. The van der Waals surface area contributed by atoms with Gasteiger partial charge in [-0.2, -0.15) is 4.98 Å². The lowest BCUT2D eigenvalue weighted by Gasteiger charge is -2.25. The van der Waals surface area contributed by atoms with Crippen LogP contribution in [0, 0.1) is 0 Å². The zero-order chi connectivity index (χ0) is 10.1. The fourth-order valence-corrected chi connectivity index (χ4v) is 1.47. The molecule has 2 rings (SSSR count). The standard InChI is InChI=1S/C8H11N5O/c1-2-7(14)12-3-4-13-6(5-12)10-8(9)11-13/h2H,1,3-5H2,(H2,9,11). The van der Waals surface area contributed by atoms with Crippen LogP contribution in [-0.4, -0.2) is 32.1 Å². The fourth-order valence-electron chi connectivity index (χ4n) is 1.47. The lowest BCUT2D eigenvalue weighted by atomic mass is 10.3. The number of hydrogen-bond donors (Lipinski definition) is 1. The van der Waals surface area contributed by atoms with Gasteiger partial charge in [0.05, 0.1) is 13.1 Å². The van der Waals surface area contributed by atoms with Gasteiger partial charge in [0, 0.05) is 6.54 Å². The molecule has 1 aromatic rings. The second-order valence-corrected chi connectivity index (χ2v) is 3.07. The summed E-state index contributed by atoms with van der Waals surface area (Å²) >= 11 is 0. The predicted molar refractivity (Wildman–Crippen MR) is 50.0 cm³/mol. The van der Waals surface area contributed by atoms with E-state index in [4.69, 9.17) is 5.73 Å². The number of rotatable bonds is 1. The first-order chi connectivity index (χ1) is 6.70. The van der Waals surface area contributed by atoms with Gasteiger partial charge in [0.25, 0.3) is 0 Å². The molecule has 0 spiro atoms. The van der Waals surface area contributed by atoms with Crippen LogP contribution in [0.15, 0.2) is 12.7 Å². The summed E-state index contributed by atoms with van der Waals surface area (Å²) in [7, 11) is 0. The highest BCUT2D eigenvalue weighted by atomic mass is 16.2. The topological polar surface area (TPSA) is 77.0 Å². The van der Waals surface area contributed by atoms with Crippen molar-refractivity contribution < 1.29 is 4.79 Å². The van der Waals surface area contributed by atoms with Crippen LogP contribution in [0.1, 0.15) is 5.82 Å². The van der Waals surface area contributed by atoms with Gasteiger partial charge in [-0.1, -0.05) is 6.58 Å². The van der Waals surface area contributed by atoms with Crippen molar-refractivity contribution in [2.45, 2.75) is 13.1 Å². The zero-order valence-electron chi connectivity index (χ0n) is 7.68. The average Bonchev–Trinajstić information content (AvgIpc) is 2.55. The van der Waals surface area contributed by atoms with Gasteiger partial charge in [-0.15, -0.1) is 5.10 Å². The highest BCUT2D eigenvalue weighted by Gasteiger charge is 2.21. The van der Waals surface area contributed by atoms with Crippen LogP contribution in [0.3, 0.4) is 0 Å². The molecule has 0 unspecified atom stereocenters. The Kier molecular flexibility index (Phi) is 1.95. The summed E-state index contributed by atoms with van der Waals surface area (Å²) in [5, 5.41) is 3.99. The minimum Gasteiger partial charge on any atom is -0.366 e. The molecule has 1 aromatic heterocycles. The predicted octanol–water partition coefficient (Wildman–Crippen LogP) is -0.612. The van der Waals surface area contributed by atoms with Crippen molar-refractivity contribution in [2.24, 2.45) is 0 Å². The van der Waals surface area contributed by atoms with Crippen molar-refractivity contribution in [3.8, 4) is 0 Å². The zero-order valence-corrected chi connectivity index (χ0v) is 7.68. The van der Waals surface area contributed by atoms with Crippen LogP contribution in [-0.2, 0) is 17.9 Å². The lowest BCUT2D eigenvalue weighted by Crippen LogP contribution is -2.37. The molecule has 0 aliphatic carbocycles. The van der Waals surface area contributed by atoms with E-state index in [-0.39, 0.29) is 11.9 Å². The Balaban J connectivity index is 2.20. The van der Waals surface area contributed by atoms with Gasteiger partial charge < -0.3 is 10.6 Å². The Morgan fingerprint density at radius 1 is 1.57 bits per heavy atom. The number of nitrogens with zero attached hydrogens (tertiary/aromatic N) is 4. The van der Waals surface area contributed by atoms with Crippen LogP contribution in [0.4, 0.5) is 5.95 Å². The molecule has 1 aliphatic rings. The smallest absolute Gasteiger partial charge is 0.246 e. The molecule has 0 bridgehead atoms. The Morgan fingerprint density at radius 3 is 3.07 bits per heavy atom. The summed E-state index contributed by atoms with van der Waals surface area (Å²) in [5.74, 6) is 0.898. The second kappa shape index (κ2) is 3.13. The van der Waals surface area contributed by atoms with Crippen LogP contribution >= 0.6 is 0 Å². The fraction of sp³-hybridized carbons (Fsp3) is 0.375. The third kappa shape index (κ3) is 1.34. The minimum absolute atomic E-state index is 0.0854. The number of carbonyl (C=O) groups excluding carboxylic acids is 1. The number of nitrogens with two attached hydrogens (primary N) is 1. The van der Waals surface area contributed by atoms with Gasteiger partial charge >= 0.3 is 0 Å². The van der Waals surface area contributed by atoms with Crippen molar-refractivity contribution in [2.75, 3.05) is 12.3 Å². The molecule has 0 radical (unpaired) electrons. The third-order valence-electron chi connectivity index (χ3n) is 2.17. The van der Waals surface area contributed by atoms with Gasteiger partial charge in [0.15, 0.2) is 0 Å². The van der Waals surface area contributed by atoms with Crippen molar-refractivity contribution in [1.29, 1.82) is 0 Å². The molecule has 6 heteroatoms. The minimum atomic E-state index is -0.0854. The number of hydrogen-bond acceptors (Lipinski definition) is 4. The molecule has 0 aromatic carbocycles. The summed E-state index contributed by atoms with van der Waals surface area (Å²) in [5.41, 5.74) is 5.45. The normalized spacial score (nSPS) is 15.0. The molecule has 0 saturated carbocycles. The van der Waals surface area contributed by atoms with E-state index in [9.17, 15) is 4.79 Å². The molecule has 0 fully saturated rings. The summed E-state index contributed by atoms with van der Waals surface area (Å²) in [6.45, 7) is 5.16. The molecule has 2 heterocycles. The maximum Gasteiger partial charge on any atom is 0.246 e. The van der Waals surface area contributed by atoms with Gasteiger partial charge in [-0.05, 0) is 6.08 Å². The maximum absolute atomic E-state index is 11.3. The van der Waals surface area contributed by atoms with Crippen molar-refractivity contribution in [1.82, 2.24) is 19.7 Å². The molecular formula is C8H11N5O. The quantitative estimate of drug-likeness (QED) is 0.603. The molecule has 74 valence electrons. The Labute approximate surface area is 81.0 Å². The highest BCUT2D eigenvalue weighted by Crippen LogP contribution is 2.10. The number of amides is 1. The van der Waals surface area contributed by atoms with E-state index in [1.807, 2.05) is 0 Å². The summed E-state index contributed by atoms with van der Waals surface area (Å²) < 4.78 is 1.72. The Bertz CT molecular complexity index is 383. The lowest BCUT2D eigenvalue weighted by molar-refractivity contribution is -0.127. The molecular weight excluding hydrogens is 182 g/mol. The SMILES string of the molecule is C=CC(=O)N1CCn2nc(N)nc2C1. The molecule has 0 saturated heterocycles. The number of fused-ring (bicyclic) bond motifs is 1. The number of aromatic nitrogens is 3. The second-order valence-electron chi connectivity index (χ2n) is 3.07. The summed E-state index contributed by atoms with van der Waals surface area (Å²) in [6, 6.07) is 0. The first-order valence-electron chi connectivity index (χ1n) is 4.31. The number of carbonyl (C=O) groups is 1. The molecule has 0 atom stereocenters. The van der Waals surface area contributed by atoms with Crippen molar-refractivity contribution in [3.05, 3.63) is 18.5 Å². The van der Waals surface area contributed by atoms with Gasteiger partial charge in [-0.3, -0.25) is 4.79 Å². The van der Waals surface area contributed by atoms with E-state index in [0.29, 0.717) is 19.6 Å². The molecule has 6 nitrogen and oxygen atoms in total. The molecule has 2 N–H and O–H groups in total. The average molecular weight is 193 g/mol. The van der Waals surface area contributed by atoms with E-state index in [2.05, 4.69) is 16.7 Å². The van der Waals surface area contributed by atoms with Crippen molar-refractivity contribution >= 4 is 11.9 Å². The van der Waals surface area contributed by atoms with Crippen molar-refractivity contribution in [3.63, 3.8) is 0 Å². The third-order valence-corrected chi connectivity index (χ3v) is 2.17. The van der Waals surface area contributed by atoms with E-state index in [1.54, 1.807) is 9.58 Å². The largest absolute Gasteiger partial charge is 0.366 e. The number of nitrogen functional groups attached to an aromatic ring is 1. The summed E-state index contributed by atoms with van der Waals surface area (Å²) in [6.07, 6.45) is 1.30. The van der Waals surface area contributed by atoms with Gasteiger partial charge in [0.2, 0.25) is 11.9 Å². The van der Waals surface area contributed by atoms with E-state index < -0.39 is 0 Å². The van der Waals surface area contributed by atoms with E-state index >= 15 is 0 Å². The van der Waals surface area contributed by atoms with Gasteiger partial charge in [-0.25, -0.2) is 4.68 Å². The molecule has 1 amide bonds. The highest BCUT2D eigenvalue weighted by molar-refractivity contribution is 5.86.